The largest absolute Gasteiger partial charge is 0.388 e. The lowest BCUT2D eigenvalue weighted by molar-refractivity contribution is 0.315. The van der Waals surface area contributed by atoms with Gasteiger partial charge in [0.15, 0.2) is 0 Å². The molecular formula is C15H18BrN3. The Bertz CT molecular complexity index is 542. The molecule has 4 heteroatoms. The molecular weight excluding hydrogens is 302 g/mol. The van der Waals surface area contributed by atoms with Crippen molar-refractivity contribution in [2.45, 2.75) is 13.1 Å². The van der Waals surface area contributed by atoms with Gasteiger partial charge < -0.3 is 5.32 Å². The van der Waals surface area contributed by atoms with Crippen LogP contribution in [0.3, 0.4) is 0 Å². The van der Waals surface area contributed by atoms with E-state index < -0.39 is 0 Å². The standard InChI is InChI=1S/C15H18BrN3/c1-17-14-6-7-18-15(9-14)11-19(2)10-12-4-3-5-13(16)8-12/h3-9H,10-11H2,1-2H3,(H,17,18). The van der Waals surface area contributed by atoms with E-state index in [2.05, 4.69) is 62.4 Å². The summed E-state index contributed by atoms with van der Waals surface area (Å²) in [5.74, 6) is 0. The molecule has 0 spiro atoms. The van der Waals surface area contributed by atoms with Crippen molar-refractivity contribution in [1.82, 2.24) is 9.88 Å². The zero-order chi connectivity index (χ0) is 13.7. The topological polar surface area (TPSA) is 28.2 Å². The molecule has 0 bridgehead atoms. The number of nitrogens with zero attached hydrogens (tertiary/aromatic N) is 2. The Morgan fingerprint density at radius 3 is 2.79 bits per heavy atom. The molecule has 0 saturated carbocycles. The van der Waals surface area contributed by atoms with E-state index in [4.69, 9.17) is 0 Å². The summed E-state index contributed by atoms with van der Waals surface area (Å²) in [7, 11) is 4.03. The van der Waals surface area contributed by atoms with Crippen LogP contribution in [0.1, 0.15) is 11.3 Å². The summed E-state index contributed by atoms with van der Waals surface area (Å²) < 4.78 is 1.12. The van der Waals surface area contributed by atoms with Crippen molar-refractivity contribution in [3.8, 4) is 0 Å². The quantitative estimate of drug-likeness (QED) is 0.914. The third-order valence-corrected chi connectivity index (χ3v) is 3.37. The van der Waals surface area contributed by atoms with E-state index in [-0.39, 0.29) is 0 Å². The van der Waals surface area contributed by atoms with Crippen LogP contribution in [0.5, 0.6) is 0 Å². The lowest BCUT2D eigenvalue weighted by atomic mass is 10.2. The SMILES string of the molecule is CNc1ccnc(CN(C)Cc2cccc(Br)c2)c1. The Balaban J connectivity index is 1.98. The molecule has 2 aromatic rings. The average Bonchev–Trinajstić information content (AvgIpc) is 2.38. The lowest BCUT2D eigenvalue weighted by Crippen LogP contribution is -2.18. The second-order valence-electron chi connectivity index (χ2n) is 4.59. The summed E-state index contributed by atoms with van der Waals surface area (Å²) in [6.45, 7) is 1.74. The van der Waals surface area contributed by atoms with Gasteiger partial charge in [0.05, 0.1) is 5.69 Å². The normalized spacial score (nSPS) is 10.7. The molecule has 1 heterocycles. The smallest absolute Gasteiger partial charge is 0.0564 e. The summed E-state index contributed by atoms with van der Waals surface area (Å²) in [5, 5.41) is 3.13. The highest BCUT2D eigenvalue weighted by atomic mass is 79.9. The van der Waals surface area contributed by atoms with Crippen molar-refractivity contribution in [2.75, 3.05) is 19.4 Å². The molecule has 100 valence electrons. The van der Waals surface area contributed by atoms with E-state index in [1.165, 1.54) is 5.56 Å². The number of anilines is 1. The van der Waals surface area contributed by atoms with Crippen LogP contribution in [-0.4, -0.2) is 24.0 Å². The molecule has 1 N–H and O–H groups in total. The molecule has 3 nitrogen and oxygen atoms in total. The van der Waals surface area contributed by atoms with Crippen LogP contribution in [0.15, 0.2) is 47.1 Å². The molecule has 0 atom stereocenters. The van der Waals surface area contributed by atoms with Crippen LogP contribution in [0.25, 0.3) is 0 Å². The van der Waals surface area contributed by atoms with Crippen LogP contribution in [0, 0.1) is 0 Å². The van der Waals surface area contributed by atoms with E-state index in [0.717, 1.165) is 28.9 Å². The van der Waals surface area contributed by atoms with Crippen LogP contribution in [-0.2, 0) is 13.1 Å². The van der Waals surface area contributed by atoms with E-state index in [1.807, 2.05) is 25.4 Å². The summed E-state index contributed by atoms with van der Waals surface area (Å²) in [4.78, 5) is 6.65. The second-order valence-corrected chi connectivity index (χ2v) is 5.50. The number of pyridine rings is 1. The fraction of sp³-hybridized carbons (Fsp3) is 0.267. The van der Waals surface area contributed by atoms with Gasteiger partial charge in [-0.05, 0) is 36.9 Å². The molecule has 1 aromatic carbocycles. The van der Waals surface area contributed by atoms with Crippen molar-refractivity contribution in [1.29, 1.82) is 0 Å². The van der Waals surface area contributed by atoms with Crippen LogP contribution in [0.4, 0.5) is 5.69 Å². The molecule has 0 aliphatic heterocycles. The maximum absolute atomic E-state index is 4.40. The van der Waals surface area contributed by atoms with E-state index in [0.29, 0.717) is 0 Å². The summed E-state index contributed by atoms with van der Waals surface area (Å²) in [5.41, 5.74) is 3.46. The van der Waals surface area contributed by atoms with Crippen molar-refractivity contribution < 1.29 is 0 Å². The van der Waals surface area contributed by atoms with Crippen molar-refractivity contribution in [3.05, 3.63) is 58.3 Å². The number of aromatic nitrogens is 1. The molecule has 0 saturated heterocycles. The minimum absolute atomic E-state index is 0.835. The average molecular weight is 320 g/mol. The van der Waals surface area contributed by atoms with Crippen molar-refractivity contribution >= 4 is 21.6 Å². The maximum Gasteiger partial charge on any atom is 0.0564 e. The Hall–Kier alpha value is -1.39. The predicted molar refractivity (Wildman–Crippen MR) is 83.1 cm³/mol. The monoisotopic (exact) mass is 319 g/mol. The van der Waals surface area contributed by atoms with Gasteiger partial charge in [0.25, 0.3) is 0 Å². The highest BCUT2D eigenvalue weighted by Crippen LogP contribution is 2.14. The minimum atomic E-state index is 0.835. The van der Waals surface area contributed by atoms with Crippen molar-refractivity contribution in [3.63, 3.8) is 0 Å². The Labute approximate surface area is 122 Å². The van der Waals surface area contributed by atoms with Gasteiger partial charge in [-0.1, -0.05) is 28.1 Å². The van der Waals surface area contributed by atoms with Gasteiger partial charge in [-0.2, -0.15) is 0 Å². The predicted octanol–water partition coefficient (Wildman–Crippen LogP) is 3.52. The number of hydrogen-bond donors (Lipinski definition) is 1. The molecule has 2 rings (SSSR count). The van der Waals surface area contributed by atoms with Gasteiger partial charge >= 0.3 is 0 Å². The molecule has 0 fully saturated rings. The lowest BCUT2D eigenvalue weighted by Gasteiger charge is -2.16. The number of halogens is 1. The second kappa shape index (κ2) is 6.68. The third kappa shape index (κ3) is 4.33. The molecule has 0 aliphatic carbocycles. The molecule has 0 amide bonds. The van der Waals surface area contributed by atoms with Gasteiger partial charge in [-0.15, -0.1) is 0 Å². The maximum atomic E-state index is 4.40. The first kappa shape index (κ1) is 14.0. The zero-order valence-electron chi connectivity index (χ0n) is 11.2. The highest BCUT2D eigenvalue weighted by molar-refractivity contribution is 9.10. The molecule has 0 aliphatic rings. The van der Waals surface area contributed by atoms with Crippen LogP contribution < -0.4 is 5.32 Å². The highest BCUT2D eigenvalue weighted by Gasteiger charge is 2.04. The van der Waals surface area contributed by atoms with Gasteiger partial charge in [0.2, 0.25) is 0 Å². The van der Waals surface area contributed by atoms with Gasteiger partial charge in [0.1, 0.15) is 0 Å². The van der Waals surface area contributed by atoms with Crippen LogP contribution >= 0.6 is 15.9 Å². The van der Waals surface area contributed by atoms with E-state index in [9.17, 15) is 0 Å². The first-order valence-electron chi connectivity index (χ1n) is 6.23. The summed E-state index contributed by atoms with van der Waals surface area (Å²) in [6, 6.07) is 12.4. The van der Waals surface area contributed by atoms with Gasteiger partial charge in [-0.25, -0.2) is 0 Å². The number of nitrogens with one attached hydrogen (secondary N) is 1. The fourth-order valence-corrected chi connectivity index (χ4v) is 2.45. The van der Waals surface area contributed by atoms with Gasteiger partial charge in [0, 0.05) is 36.5 Å². The molecule has 0 radical (unpaired) electrons. The number of hydrogen-bond acceptors (Lipinski definition) is 3. The number of benzene rings is 1. The van der Waals surface area contributed by atoms with Gasteiger partial charge in [-0.3, -0.25) is 9.88 Å². The number of rotatable bonds is 5. The zero-order valence-corrected chi connectivity index (χ0v) is 12.8. The van der Waals surface area contributed by atoms with E-state index >= 15 is 0 Å². The van der Waals surface area contributed by atoms with Crippen LogP contribution in [0.2, 0.25) is 0 Å². The Morgan fingerprint density at radius 1 is 1.21 bits per heavy atom. The molecule has 19 heavy (non-hydrogen) atoms. The summed E-state index contributed by atoms with van der Waals surface area (Å²) in [6.07, 6.45) is 1.84. The van der Waals surface area contributed by atoms with E-state index in [1.54, 1.807) is 0 Å². The third-order valence-electron chi connectivity index (χ3n) is 2.88. The minimum Gasteiger partial charge on any atom is -0.388 e. The molecule has 0 unspecified atom stereocenters. The molecule has 1 aromatic heterocycles. The first-order chi connectivity index (χ1) is 9.17. The first-order valence-corrected chi connectivity index (χ1v) is 7.02. The Kier molecular flexibility index (Phi) is 4.93. The Morgan fingerprint density at radius 2 is 2.05 bits per heavy atom. The fourth-order valence-electron chi connectivity index (χ4n) is 2.00. The summed E-state index contributed by atoms with van der Waals surface area (Å²) >= 11 is 3.50. The van der Waals surface area contributed by atoms with Crippen molar-refractivity contribution in [2.24, 2.45) is 0 Å².